The Labute approximate surface area is 208 Å². The lowest BCUT2D eigenvalue weighted by Gasteiger charge is -2.32. The van der Waals surface area contributed by atoms with Gasteiger partial charge in [0.05, 0.1) is 11.9 Å². The van der Waals surface area contributed by atoms with Crippen molar-refractivity contribution in [3.8, 4) is 0 Å². The molecular formula is C25H34ClN3O4S. The molecule has 2 rings (SSSR count). The number of hydrogen-bond acceptors (Lipinski definition) is 4. The molecule has 0 aromatic heterocycles. The quantitative estimate of drug-likeness (QED) is 0.501. The van der Waals surface area contributed by atoms with Gasteiger partial charge in [-0.3, -0.25) is 13.9 Å². The third-order valence-corrected chi connectivity index (χ3v) is 7.32. The average Bonchev–Trinajstić information content (AvgIpc) is 2.79. The molecular weight excluding hydrogens is 474 g/mol. The maximum absolute atomic E-state index is 13.5. The predicted octanol–water partition coefficient (Wildman–Crippen LogP) is 3.79. The average molecular weight is 508 g/mol. The minimum absolute atomic E-state index is 0.0387. The van der Waals surface area contributed by atoms with Gasteiger partial charge in [0.15, 0.2) is 0 Å². The first-order valence-corrected chi connectivity index (χ1v) is 13.5. The maximum atomic E-state index is 13.5. The summed E-state index contributed by atoms with van der Waals surface area (Å²) >= 11 is 6.21. The van der Waals surface area contributed by atoms with E-state index in [-0.39, 0.29) is 18.5 Å². The van der Waals surface area contributed by atoms with E-state index in [0.29, 0.717) is 17.1 Å². The summed E-state index contributed by atoms with van der Waals surface area (Å²) in [5.74, 6) is -0.745. The Morgan fingerprint density at radius 3 is 2.29 bits per heavy atom. The number of nitrogens with zero attached hydrogens (tertiary/aromatic N) is 2. The summed E-state index contributed by atoms with van der Waals surface area (Å²) < 4.78 is 26.2. The van der Waals surface area contributed by atoms with Gasteiger partial charge in [0.2, 0.25) is 21.8 Å². The van der Waals surface area contributed by atoms with Crippen molar-refractivity contribution in [2.45, 2.75) is 52.6 Å². The second-order valence-electron chi connectivity index (χ2n) is 8.52. The topological polar surface area (TPSA) is 86.8 Å². The fourth-order valence-electron chi connectivity index (χ4n) is 3.39. The standard InChI is InChI=1S/C25H34ClN3O4S/c1-6-19(3)27-25(31)20(4)28(15-14-21-10-8-7-9-11-21)24(30)17-29(34(5,32)33)22-13-12-18(2)23(26)16-22/h7-13,16,19-20H,6,14-15,17H2,1-5H3,(H,27,31)/t19-,20+/m1/s1. The first kappa shape index (κ1) is 27.7. The second kappa shape index (κ2) is 12.2. The molecule has 0 fully saturated rings. The van der Waals surface area contributed by atoms with Gasteiger partial charge in [-0.15, -0.1) is 0 Å². The molecule has 0 heterocycles. The highest BCUT2D eigenvalue weighted by Crippen LogP contribution is 2.25. The van der Waals surface area contributed by atoms with Crippen LogP contribution in [0.4, 0.5) is 5.69 Å². The summed E-state index contributed by atoms with van der Waals surface area (Å²) in [6.45, 7) is 7.16. The van der Waals surface area contributed by atoms with Gasteiger partial charge in [-0.2, -0.15) is 0 Å². The number of carbonyl (C=O) groups excluding carboxylic acids is 2. The third kappa shape index (κ3) is 7.74. The molecule has 0 saturated carbocycles. The van der Waals surface area contributed by atoms with E-state index in [2.05, 4.69) is 5.32 Å². The van der Waals surface area contributed by atoms with Gasteiger partial charge >= 0.3 is 0 Å². The van der Waals surface area contributed by atoms with Gasteiger partial charge in [0.1, 0.15) is 12.6 Å². The van der Waals surface area contributed by atoms with E-state index < -0.39 is 28.5 Å². The van der Waals surface area contributed by atoms with E-state index in [1.54, 1.807) is 19.1 Å². The highest BCUT2D eigenvalue weighted by molar-refractivity contribution is 7.92. The van der Waals surface area contributed by atoms with Crippen LogP contribution in [-0.4, -0.2) is 56.6 Å². The summed E-state index contributed by atoms with van der Waals surface area (Å²) in [5, 5.41) is 3.31. The first-order valence-electron chi connectivity index (χ1n) is 11.3. The number of carbonyl (C=O) groups is 2. The largest absolute Gasteiger partial charge is 0.352 e. The van der Waals surface area contributed by atoms with Crippen LogP contribution in [0.2, 0.25) is 5.02 Å². The van der Waals surface area contributed by atoms with Crippen LogP contribution < -0.4 is 9.62 Å². The zero-order valence-electron chi connectivity index (χ0n) is 20.4. The predicted molar refractivity (Wildman–Crippen MR) is 138 cm³/mol. The molecule has 2 amide bonds. The van der Waals surface area contributed by atoms with E-state index in [0.717, 1.165) is 28.1 Å². The lowest BCUT2D eigenvalue weighted by molar-refractivity contribution is -0.139. The molecule has 0 unspecified atom stereocenters. The van der Waals surface area contributed by atoms with E-state index in [4.69, 9.17) is 11.6 Å². The fraction of sp³-hybridized carbons (Fsp3) is 0.440. The second-order valence-corrected chi connectivity index (χ2v) is 10.8. The highest BCUT2D eigenvalue weighted by Gasteiger charge is 2.30. The Morgan fingerprint density at radius 2 is 1.74 bits per heavy atom. The highest BCUT2D eigenvalue weighted by atomic mass is 35.5. The number of aryl methyl sites for hydroxylation is 1. The number of sulfonamides is 1. The van der Waals surface area contributed by atoms with E-state index in [1.165, 1.54) is 11.0 Å². The molecule has 0 spiro atoms. The fourth-order valence-corrected chi connectivity index (χ4v) is 4.40. The van der Waals surface area contributed by atoms with Crippen molar-refractivity contribution in [2.75, 3.05) is 23.7 Å². The van der Waals surface area contributed by atoms with Gasteiger partial charge in [-0.25, -0.2) is 8.42 Å². The number of benzene rings is 2. The lowest BCUT2D eigenvalue weighted by Crippen LogP contribution is -2.53. The molecule has 9 heteroatoms. The molecule has 1 N–H and O–H groups in total. The van der Waals surface area contributed by atoms with Crippen molar-refractivity contribution in [1.82, 2.24) is 10.2 Å². The first-order chi connectivity index (χ1) is 15.9. The van der Waals surface area contributed by atoms with Crippen LogP contribution in [0.25, 0.3) is 0 Å². The number of amides is 2. The monoisotopic (exact) mass is 507 g/mol. The van der Waals surface area contributed by atoms with E-state index in [1.807, 2.05) is 51.1 Å². The number of rotatable bonds is 11. The van der Waals surface area contributed by atoms with Crippen LogP contribution in [0, 0.1) is 6.92 Å². The Balaban J connectivity index is 2.33. The Hall–Kier alpha value is -2.58. The van der Waals surface area contributed by atoms with Crippen molar-refractivity contribution >= 4 is 39.1 Å². The Morgan fingerprint density at radius 1 is 1.09 bits per heavy atom. The lowest BCUT2D eigenvalue weighted by atomic mass is 10.1. The molecule has 0 bridgehead atoms. The van der Waals surface area contributed by atoms with Gasteiger partial charge in [0.25, 0.3) is 0 Å². The molecule has 34 heavy (non-hydrogen) atoms. The molecule has 2 aromatic rings. The van der Waals surface area contributed by atoms with Crippen molar-refractivity contribution in [1.29, 1.82) is 0 Å². The van der Waals surface area contributed by atoms with Crippen LogP contribution >= 0.6 is 11.6 Å². The van der Waals surface area contributed by atoms with Crippen molar-refractivity contribution in [3.63, 3.8) is 0 Å². The smallest absolute Gasteiger partial charge is 0.244 e. The van der Waals surface area contributed by atoms with E-state index >= 15 is 0 Å². The van der Waals surface area contributed by atoms with Crippen LogP contribution in [0.5, 0.6) is 0 Å². The minimum Gasteiger partial charge on any atom is -0.352 e. The minimum atomic E-state index is -3.79. The molecule has 0 aliphatic rings. The van der Waals surface area contributed by atoms with Crippen molar-refractivity contribution in [3.05, 3.63) is 64.7 Å². The zero-order chi connectivity index (χ0) is 25.5. The molecule has 2 atom stereocenters. The summed E-state index contributed by atoms with van der Waals surface area (Å²) in [4.78, 5) is 27.7. The molecule has 2 aromatic carbocycles. The van der Waals surface area contributed by atoms with Crippen LogP contribution in [0.3, 0.4) is 0 Å². The summed E-state index contributed by atoms with van der Waals surface area (Å²) in [6, 6.07) is 13.7. The normalized spacial score (nSPS) is 13.1. The molecule has 0 radical (unpaired) electrons. The van der Waals surface area contributed by atoms with Gasteiger partial charge in [-0.1, -0.05) is 54.9 Å². The summed E-state index contributed by atoms with van der Waals surface area (Å²) in [5.41, 5.74) is 2.11. The van der Waals surface area contributed by atoms with Crippen LogP contribution in [-0.2, 0) is 26.0 Å². The van der Waals surface area contributed by atoms with Crippen molar-refractivity contribution < 1.29 is 18.0 Å². The Kier molecular flexibility index (Phi) is 9.94. The van der Waals surface area contributed by atoms with Gasteiger partial charge < -0.3 is 10.2 Å². The molecule has 7 nitrogen and oxygen atoms in total. The number of anilines is 1. The number of halogens is 1. The summed E-state index contributed by atoms with van der Waals surface area (Å²) in [6.07, 6.45) is 2.33. The Bertz CT molecular complexity index is 1090. The maximum Gasteiger partial charge on any atom is 0.244 e. The van der Waals surface area contributed by atoms with Gasteiger partial charge in [0, 0.05) is 17.6 Å². The number of nitrogens with one attached hydrogen (secondary N) is 1. The van der Waals surface area contributed by atoms with Gasteiger partial charge in [-0.05, 0) is 56.9 Å². The van der Waals surface area contributed by atoms with E-state index in [9.17, 15) is 18.0 Å². The molecule has 0 aliphatic heterocycles. The molecule has 186 valence electrons. The van der Waals surface area contributed by atoms with Crippen LogP contribution in [0.15, 0.2) is 48.5 Å². The zero-order valence-corrected chi connectivity index (χ0v) is 22.0. The van der Waals surface area contributed by atoms with Crippen molar-refractivity contribution in [2.24, 2.45) is 0 Å². The number of hydrogen-bond donors (Lipinski definition) is 1. The third-order valence-electron chi connectivity index (χ3n) is 5.78. The SMILES string of the molecule is CC[C@@H](C)NC(=O)[C@H](C)N(CCc1ccccc1)C(=O)CN(c1ccc(C)c(Cl)c1)S(C)(=O)=O. The summed E-state index contributed by atoms with van der Waals surface area (Å²) in [7, 11) is -3.79. The van der Waals surface area contributed by atoms with Crippen LogP contribution in [0.1, 0.15) is 38.3 Å². The molecule has 0 aliphatic carbocycles. The molecule has 0 saturated heterocycles.